The molecule has 0 aromatic carbocycles. The van der Waals surface area contributed by atoms with Crippen LogP contribution < -0.4 is 5.73 Å². The summed E-state index contributed by atoms with van der Waals surface area (Å²) in [4.78, 5) is 12.2. The molecule has 5 heteroatoms. The summed E-state index contributed by atoms with van der Waals surface area (Å²) in [6.07, 6.45) is 1.16. The van der Waals surface area contributed by atoms with Crippen LogP contribution in [0.25, 0.3) is 0 Å². The van der Waals surface area contributed by atoms with Crippen LogP contribution in [-0.4, -0.2) is 40.0 Å². The Morgan fingerprint density at radius 2 is 2.42 bits per heavy atom. The van der Waals surface area contributed by atoms with Crippen LogP contribution in [0.3, 0.4) is 0 Å². The zero-order chi connectivity index (χ0) is 9.14. The Morgan fingerprint density at radius 3 is 2.83 bits per heavy atom. The van der Waals surface area contributed by atoms with Crippen LogP contribution in [0.5, 0.6) is 0 Å². The number of amides is 1. The second-order valence-corrected chi connectivity index (χ2v) is 2.66. The van der Waals surface area contributed by atoms with Crippen molar-refractivity contribution in [2.75, 3.05) is 6.54 Å². The van der Waals surface area contributed by atoms with E-state index < -0.39 is 12.5 Å². The van der Waals surface area contributed by atoms with Crippen molar-refractivity contribution < 1.29 is 15.0 Å². The van der Waals surface area contributed by atoms with Gasteiger partial charge in [0.15, 0.2) is 0 Å². The predicted molar refractivity (Wildman–Crippen MR) is 41.7 cm³/mol. The van der Waals surface area contributed by atoms with E-state index in [9.17, 15) is 4.79 Å². The molecule has 0 radical (unpaired) electrons. The molecular weight excluding hydrogens is 160 g/mol. The zero-order valence-electron chi connectivity index (χ0n) is 6.55. The minimum Gasteiger partial charge on any atom is -0.379 e. The van der Waals surface area contributed by atoms with Gasteiger partial charge < -0.3 is 20.8 Å². The molecule has 0 aliphatic carbocycles. The summed E-state index contributed by atoms with van der Waals surface area (Å²) in [7, 11) is 0. The SMILES string of the molecule is NC(O)CCN1C(=O)C=CC1O. The van der Waals surface area contributed by atoms with Gasteiger partial charge in [0.05, 0.1) is 0 Å². The van der Waals surface area contributed by atoms with Crippen molar-refractivity contribution in [1.82, 2.24) is 4.90 Å². The third-order valence-electron chi connectivity index (χ3n) is 1.68. The maximum absolute atomic E-state index is 11.0. The normalized spacial score (nSPS) is 25.1. The highest BCUT2D eigenvalue weighted by molar-refractivity contribution is 5.90. The molecule has 1 aliphatic rings. The van der Waals surface area contributed by atoms with E-state index in [2.05, 4.69) is 0 Å². The molecule has 1 heterocycles. The summed E-state index contributed by atoms with van der Waals surface area (Å²) in [6.45, 7) is 0.269. The average Bonchev–Trinajstić information content (AvgIpc) is 2.28. The molecule has 2 atom stereocenters. The lowest BCUT2D eigenvalue weighted by molar-refractivity contribution is -0.131. The number of hydrogen-bond donors (Lipinski definition) is 3. The van der Waals surface area contributed by atoms with Gasteiger partial charge in [0, 0.05) is 19.0 Å². The number of nitrogens with zero attached hydrogens (tertiary/aromatic N) is 1. The molecule has 12 heavy (non-hydrogen) atoms. The van der Waals surface area contributed by atoms with E-state index in [1.807, 2.05) is 0 Å². The van der Waals surface area contributed by atoms with E-state index in [-0.39, 0.29) is 18.9 Å². The molecule has 1 amide bonds. The second-order valence-electron chi connectivity index (χ2n) is 2.66. The van der Waals surface area contributed by atoms with E-state index >= 15 is 0 Å². The van der Waals surface area contributed by atoms with E-state index in [0.29, 0.717) is 0 Å². The Kier molecular flexibility index (Phi) is 2.80. The third-order valence-corrected chi connectivity index (χ3v) is 1.68. The largest absolute Gasteiger partial charge is 0.379 e. The lowest BCUT2D eigenvalue weighted by Gasteiger charge is -2.20. The lowest BCUT2D eigenvalue weighted by Crippen LogP contribution is -2.37. The molecule has 0 aromatic rings. The molecular formula is C7H12N2O3. The van der Waals surface area contributed by atoms with Crippen molar-refractivity contribution in [2.24, 2.45) is 5.73 Å². The number of aliphatic hydroxyl groups is 2. The van der Waals surface area contributed by atoms with Gasteiger partial charge in [-0.15, -0.1) is 0 Å². The van der Waals surface area contributed by atoms with Crippen molar-refractivity contribution >= 4 is 5.91 Å². The molecule has 0 aromatic heterocycles. The summed E-state index contributed by atoms with van der Waals surface area (Å²) in [5.74, 6) is -0.247. The number of carbonyl (C=O) groups excluding carboxylic acids is 1. The molecule has 2 unspecified atom stereocenters. The van der Waals surface area contributed by atoms with Crippen molar-refractivity contribution in [3.05, 3.63) is 12.2 Å². The van der Waals surface area contributed by atoms with Gasteiger partial charge >= 0.3 is 0 Å². The van der Waals surface area contributed by atoms with Crippen LogP contribution in [0.2, 0.25) is 0 Å². The molecule has 0 bridgehead atoms. The summed E-state index contributed by atoms with van der Waals surface area (Å²) in [6, 6.07) is 0. The summed E-state index contributed by atoms with van der Waals surface area (Å²) in [5.41, 5.74) is 5.08. The highest BCUT2D eigenvalue weighted by atomic mass is 16.3. The molecule has 0 saturated carbocycles. The van der Waals surface area contributed by atoms with Crippen molar-refractivity contribution in [1.29, 1.82) is 0 Å². The van der Waals surface area contributed by atoms with Gasteiger partial charge in [-0.05, 0) is 6.08 Å². The second kappa shape index (κ2) is 3.66. The van der Waals surface area contributed by atoms with Crippen LogP contribution in [-0.2, 0) is 4.79 Å². The molecule has 1 aliphatic heterocycles. The first kappa shape index (κ1) is 9.18. The van der Waals surface area contributed by atoms with Gasteiger partial charge in [-0.1, -0.05) is 0 Å². The van der Waals surface area contributed by atoms with Crippen LogP contribution in [0.4, 0.5) is 0 Å². The van der Waals surface area contributed by atoms with Crippen molar-refractivity contribution in [3.63, 3.8) is 0 Å². The summed E-state index contributed by atoms with van der Waals surface area (Å²) in [5, 5.41) is 17.9. The van der Waals surface area contributed by atoms with Gasteiger partial charge in [0.2, 0.25) is 5.91 Å². The Morgan fingerprint density at radius 1 is 1.75 bits per heavy atom. The van der Waals surface area contributed by atoms with Crippen LogP contribution in [0, 0.1) is 0 Å². The number of rotatable bonds is 3. The quantitative estimate of drug-likeness (QED) is 0.446. The minimum atomic E-state index is -0.939. The first-order valence-electron chi connectivity index (χ1n) is 3.72. The maximum atomic E-state index is 11.0. The fourth-order valence-corrected chi connectivity index (χ4v) is 1.01. The lowest BCUT2D eigenvalue weighted by atomic mass is 10.3. The molecule has 0 saturated heterocycles. The highest BCUT2D eigenvalue weighted by Gasteiger charge is 2.23. The molecule has 1 rings (SSSR count). The number of aliphatic hydroxyl groups excluding tert-OH is 2. The van der Waals surface area contributed by atoms with E-state index in [0.717, 1.165) is 0 Å². The topological polar surface area (TPSA) is 86.8 Å². The Balaban J connectivity index is 2.37. The van der Waals surface area contributed by atoms with Crippen LogP contribution in [0.15, 0.2) is 12.2 Å². The number of carbonyl (C=O) groups is 1. The third kappa shape index (κ3) is 2.04. The van der Waals surface area contributed by atoms with Crippen LogP contribution in [0.1, 0.15) is 6.42 Å². The molecule has 0 fully saturated rings. The fraction of sp³-hybridized carbons (Fsp3) is 0.571. The van der Waals surface area contributed by atoms with Gasteiger partial charge in [-0.2, -0.15) is 0 Å². The summed E-state index contributed by atoms with van der Waals surface area (Å²) < 4.78 is 0. The van der Waals surface area contributed by atoms with Crippen molar-refractivity contribution in [2.45, 2.75) is 18.9 Å². The standard InChI is InChI=1S/C7H12N2O3/c8-5(10)3-4-9-6(11)1-2-7(9)12/h1-2,5-6,10-11H,3-4,8H2. The first-order chi connectivity index (χ1) is 5.61. The molecule has 68 valence electrons. The van der Waals surface area contributed by atoms with E-state index in [1.165, 1.54) is 17.1 Å². The molecule has 5 nitrogen and oxygen atoms in total. The zero-order valence-corrected chi connectivity index (χ0v) is 6.55. The maximum Gasteiger partial charge on any atom is 0.248 e. The van der Waals surface area contributed by atoms with E-state index in [1.54, 1.807) is 0 Å². The predicted octanol–water partition coefficient (Wildman–Crippen LogP) is -1.63. The smallest absolute Gasteiger partial charge is 0.248 e. The van der Waals surface area contributed by atoms with Crippen LogP contribution >= 0.6 is 0 Å². The van der Waals surface area contributed by atoms with Gasteiger partial charge in [0.1, 0.15) is 12.5 Å². The Bertz CT molecular complexity index is 203. The fourth-order valence-electron chi connectivity index (χ4n) is 1.01. The average molecular weight is 172 g/mol. The molecule has 0 spiro atoms. The van der Waals surface area contributed by atoms with E-state index in [4.69, 9.17) is 15.9 Å². The minimum absolute atomic E-state index is 0.247. The number of hydrogen-bond acceptors (Lipinski definition) is 4. The van der Waals surface area contributed by atoms with Gasteiger partial charge in [-0.25, -0.2) is 0 Å². The summed E-state index contributed by atoms with van der Waals surface area (Å²) >= 11 is 0. The van der Waals surface area contributed by atoms with Gasteiger partial charge in [0.25, 0.3) is 0 Å². The monoisotopic (exact) mass is 172 g/mol. The molecule has 4 N–H and O–H groups in total. The first-order valence-corrected chi connectivity index (χ1v) is 3.72. The van der Waals surface area contributed by atoms with Crippen molar-refractivity contribution in [3.8, 4) is 0 Å². The highest BCUT2D eigenvalue weighted by Crippen LogP contribution is 2.08. The Labute approximate surface area is 70.1 Å². The van der Waals surface area contributed by atoms with Gasteiger partial charge in [-0.3, -0.25) is 4.79 Å². The number of nitrogens with two attached hydrogens (primary N) is 1. The Hall–Kier alpha value is -0.910.